The molecule has 1 N–H and O–H groups in total. The molecule has 27 heavy (non-hydrogen) atoms. The fourth-order valence-corrected chi connectivity index (χ4v) is 5.05. The van der Waals surface area contributed by atoms with Gasteiger partial charge in [-0.2, -0.15) is 0 Å². The van der Waals surface area contributed by atoms with E-state index in [-0.39, 0.29) is 17.5 Å². The predicted octanol–water partition coefficient (Wildman–Crippen LogP) is 4.18. The summed E-state index contributed by atoms with van der Waals surface area (Å²) in [6, 6.07) is 13.9. The number of halogens is 1. The fraction of sp³-hybridized carbons (Fsp3) is 0.409. The van der Waals surface area contributed by atoms with Crippen molar-refractivity contribution >= 4 is 11.0 Å². The lowest BCUT2D eigenvalue weighted by molar-refractivity contribution is 0.122. The number of nitrogens with zero attached hydrogens (tertiary/aromatic N) is 2. The van der Waals surface area contributed by atoms with Crippen LogP contribution in [0.5, 0.6) is 0 Å². The Bertz CT molecular complexity index is 1030. The van der Waals surface area contributed by atoms with Crippen molar-refractivity contribution in [1.82, 2.24) is 14.5 Å². The van der Waals surface area contributed by atoms with Gasteiger partial charge in [-0.05, 0) is 61.4 Å². The van der Waals surface area contributed by atoms with E-state index in [1.807, 2.05) is 34.9 Å². The van der Waals surface area contributed by atoms with Gasteiger partial charge in [-0.3, -0.25) is 9.47 Å². The van der Waals surface area contributed by atoms with Crippen LogP contribution in [-0.4, -0.2) is 27.5 Å². The number of hydrogen-bond donors (Lipinski definition) is 1. The molecule has 1 unspecified atom stereocenters. The highest BCUT2D eigenvalue weighted by atomic mass is 19.1. The number of para-hydroxylation sites is 2. The second-order valence-corrected chi connectivity index (χ2v) is 7.80. The SMILES string of the molecule is O=c1[nH]c2ccccc2n1C1CCN(C2CCCc3c(F)cccc32)CC1. The number of aromatic nitrogens is 2. The summed E-state index contributed by atoms with van der Waals surface area (Å²) >= 11 is 0. The van der Waals surface area contributed by atoms with Crippen molar-refractivity contribution in [2.24, 2.45) is 0 Å². The molecule has 1 aliphatic carbocycles. The molecule has 0 spiro atoms. The van der Waals surface area contributed by atoms with E-state index < -0.39 is 0 Å². The van der Waals surface area contributed by atoms with Crippen molar-refractivity contribution in [3.05, 3.63) is 69.9 Å². The molecule has 0 bridgehead atoms. The van der Waals surface area contributed by atoms with Gasteiger partial charge in [-0.1, -0.05) is 24.3 Å². The number of aromatic amines is 1. The van der Waals surface area contributed by atoms with Crippen LogP contribution in [0.3, 0.4) is 0 Å². The van der Waals surface area contributed by atoms with Crippen LogP contribution >= 0.6 is 0 Å². The molecule has 0 amide bonds. The van der Waals surface area contributed by atoms with Gasteiger partial charge in [0.2, 0.25) is 0 Å². The predicted molar refractivity (Wildman–Crippen MR) is 104 cm³/mol. The van der Waals surface area contributed by atoms with Crippen molar-refractivity contribution in [2.75, 3.05) is 13.1 Å². The fourth-order valence-electron chi connectivity index (χ4n) is 5.05. The molecule has 1 aliphatic heterocycles. The van der Waals surface area contributed by atoms with E-state index in [4.69, 9.17) is 0 Å². The van der Waals surface area contributed by atoms with Crippen LogP contribution in [-0.2, 0) is 6.42 Å². The van der Waals surface area contributed by atoms with E-state index >= 15 is 0 Å². The van der Waals surface area contributed by atoms with Gasteiger partial charge in [0, 0.05) is 25.2 Å². The van der Waals surface area contributed by atoms with Gasteiger partial charge in [0.1, 0.15) is 5.82 Å². The molecule has 5 rings (SSSR count). The van der Waals surface area contributed by atoms with Crippen LogP contribution in [0.25, 0.3) is 11.0 Å². The second kappa shape index (κ2) is 6.64. The lowest BCUT2D eigenvalue weighted by Gasteiger charge is -2.40. The zero-order valence-electron chi connectivity index (χ0n) is 15.3. The van der Waals surface area contributed by atoms with Crippen molar-refractivity contribution in [3.8, 4) is 0 Å². The molecule has 2 aromatic carbocycles. The Morgan fingerprint density at radius 3 is 2.67 bits per heavy atom. The Labute approximate surface area is 157 Å². The first kappa shape index (κ1) is 16.8. The number of benzene rings is 2. The first-order chi connectivity index (χ1) is 13.2. The molecular formula is C22H24FN3O. The van der Waals surface area contributed by atoms with Gasteiger partial charge in [0.15, 0.2) is 0 Å². The molecule has 1 atom stereocenters. The largest absolute Gasteiger partial charge is 0.326 e. The quantitative estimate of drug-likeness (QED) is 0.740. The van der Waals surface area contributed by atoms with Crippen molar-refractivity contribution in [3.63, 3.8) is 0 Å². The number of imidazole rings is 1. The van der Waals surface area contributed by atoms with Gasteiger partial charge < -0.3 is 4.98 Å². The monoisotopic (exact) mass is 365 g/mol. The summed E-state index contributed by atoms with van der Waals surface area (Å²) in [6.45, 7) is 1.88. The zero-order valence-corrected chi connectivity index (χ0v) is 15.3. The summed E-state index contributed by atoms with van der Waals surface area (Å²) in [5, 5.41) is 0. The molecule has 1 saturated heterocycles. The highest BCUT2D eigenvalue weighted by Crippen LogP contribution is 2.38. The maximum Gasteiger partial charge on any atom is 0.326 e. The first-order valence-electron chi connectivity index (χ1n) is 9.93. The minimum Gasteiger partial charge on any atom is -0.306 e. The molecule has 3 aromatic rings. The second-order valence-electron chi connectivity index (χ2n) is 7.80. The van der Waals surface area contributed by atoms with E-state index in [1.54, 1.807) is 6.07 Å². The van der Waals surface area contributed by atoms with Gasteiger partial charge in [-0.25, -0.2) is 9.18 Å². The Balaban J connectivity index is 1.38. The third-order valence-electron chi connectivity index (χ3n) is 6.35. The van der Waals surface area contributed by atoms with E-state index in [9.17, 15) is 9.18 Å². The highest BCUT2D eigenvalue weighted by Gasteiger charge is 2.31. The average molecular weight is 365 g/mol. The van der Waals surface area contributed by atoms with Crippen LogP contribution in [0.2, 0.25) is 0 Å². The van der Waals surface area contributed by atoms with Crippen molar-refractivity contribution < 1.29 is 4.39 Å². The summed E-state index contributed by atoms with van der Waals surface area (Å²) < 4.78 is 16.1. The van der Waals surface area contributed by atoms with E-state index in [0.29, 0.717) is 6.04 Å². The lowest BCUT2D eigenvalue weighted by atomic mass is 9.85. The number of H-pyrrole nitrogens is 1. The average Bonchev–Trinajstić information content (AvgIpc) is 3.04. The number of fused-ring (bicyclic) bond motifs is 2. The van der Waals surface area contributed by atoms with E-state index in [2.05, 4.69) is 16.0 Å². The molecule has 2 aliphatic rings. The van der Waals surface area contributed by atoms with Crippen molar-refractivity contribution in [2.45, 2.75) is 44.2 Å². The van der Waals surface area contributed by atoms with Gasteiger partial charge >= 0.3 is 5.69 Å². The minimum atomic E-state index is -0.0579. The minimum absolute atomic E-state index is 0.0141. The molecule has 5 heteroatoms. The van der Waals surface area contributed by atoms with Crippen LogP contribution < -0.4 is 5.69 Å². The summed E-state index contributed by atoms with van der Waals surface area (Å²) in [5.41, 5.74) is 3.96. The van der Waals surface area contributed by atoms with Crippen molar-refractivity contribution in [1.29, 1.82) is 0 Å². The third-order valence-corrected chi connectivity index (χ3v) is 6.35. The highest BCUT2D eigenvalue weighted by molar-refractivity contribution is 5.75. The van der Waals surface area contributed by atoms with Gasteiger partial charge in [0.25, 0.3) is 0 Å². The molecule has 1 aromatic heterocycles. The number of nitrogens with one attached hydrogen (secondary N) is 1. The van der Waals surface area contributed by atoms with Crippen LogP contribution in [0.1, 0.15) is 48.9 Å². The molecule has 4 nitrogen and oxygen atoms in total. The smallest absolute Gasteiger partial charge is 0.306 e. The third kappa shape index (κ3) is 2.81. The lowest BCUT2D eigenvalue weighted by Crippen LogP contribution is -2.40. The maximum absolute atomic E-state index is 14.2. The summed E-state index contributed by atoms with van der Waals surface area (Å²) in [6.07, 6.45) is 4.88. The summed E-state index contributed by atoms with van der Waals surface area (Å²) in [4.78, 5) is 17.9. The normalized spacial score (nSPS) is 21.4. The van der Waals surface area contributed by atoms with Gasteiger partial charge in [0.05, 0.1) is 11.0 Å². The molecule has 2 heterocycles. The summed E-state index contributed by atoms with van der Waals surface area (Å²) in [5.74, 6) is -0.0579. The Kier molecular flexibility index (Phi) is 4.12. The zero-order chi connectivity index (χ0) is 18.4. The number of piperidine rings is 1. The first-order valence-corrected chi connectivity index (χ1v) is 9.93. The topological polar surface area (TPSA) is 41.0 Å². The number of hydrogen-bond acceptors (Lipinski definition) is 2. The molecule has 0 saturated carbocycles. The van der Waals surface area contributed by atoms with Crippen LogP contribution in [0, 0.1) is 5.82 Å². The molecule has 1 fully saturated rings. The van der Waals surface area contributed by atoms with E-state index in [1.165, 1.54) is 5.56 Å². The number of rotatable bonds is 2. The Hall–Kier alpha value is -2.40. The van der Waals surface area contributed by atoms with Crippen LogP contribution in [0.15, 0.2) is 47.3 Å². The van der Waals surface area contributed by atoms with Crippen LogP contribution in [0.4, 0.5) is 4.39 Å². The number of likely N-dealkylation sites (tertiary alicyclic amines) is 1. The van der Waals surface area contributed by atoms with E-state index in [0.717, 1.165) is 61.8 Å². The molecule has 140 valence electrons. The maximum atomic E-state index is 14.2. The molecular weight excluding hydrogens is 341 g/mol. The molecule has 0 radical (unpaired) electrons. The van der Waals surface area contributed by atoms with Gasteiger partial charge in [-0.15, -0.1) is 0 Å². The summed E-state index contributed by atoms with van der Waals surface area (Å²) in [7, 11) is 0. The Morgan fingerprint density at radius 1 is 1.00 bits per heavy atom. The Morgan fingerprint density at radius 2 is 1.81 bits per heavy atom. The standard InChI is InChI=1S/C22H24FN3O/c23-18-7-3-6-17-16(18)5-4-10-20(17)25-13-11-15(12-14-25)26-21-9-2-1-8-19(21)24-22(26)27/h1-3,6-9,15,20H,4-5,10-14H2,(H,24,27).